The number of hydrogen-bond donors (Lipinski definition) is 1. The Morgan fingerprint density at radius 3 is 1.77 bits per heavy atom. The first-order valence-electron chi connectivity index (χ1n) is 18.5. The van der Waals surface area contributed by atoms with E-state index in [1.807, 2.05) is 31.2 Å². The van der Waals surface area contributed by atoms with Gasteiger partial charge >= 0.3 is 6.09 Å². The number of rotatable bonds is 15. The molecule has 16 heteroatoms. The van der Waals surface area contributed by atoms with Crippen LogP contribution in [0.1, 0.15) is 67.6 Å². The summed E-state index contributed by atoms with van der Waals surface area (Å²) in [5.41, 5.74) is 2.94. The van der Waals surface area contributed by atoms with Crippen LogP contribution in [0.4, 0.5) is 4.79 Å². The molecule has 4 aromatic carbocycles. The molecule has 8 rings (SSSR count). The second-order valence-electron chi connectivity index (χ2n) is 13.6. The molecule has 2 aromatic heterocycles. The fourth-order valence-corrected chi connectivity index (χ4v) is 7.26. The van der Waals surface area contributed by atoms with Crippen molar-refractivity contribution in [2.75, 3.05) is 45.9 Å². The largest absolute Gasteiger partial charge is 0.449 e. The highest BCUT2D eigenvalue weighted by molar-refractivity contribution is 6.26. The molecule has 1 N–H and O–H groups in total. The van der Waals surface area contributed by atoms with Crippen molar-refractivity contribution in [3.63, 3.8) is 0 Å². The molecule has 0 radical (unpaired) electrons. The quantitative estimate of drug-likeness (QED) is 0.117. The second-order valence-corrected chi connectivity index (χ2v) is 13.6. The summed E-state index contributed by atoms with van der Waals surface area (Å²) in [6, 6.07) is 17.9. The van der Waals surface area contributed by atoms with E-state index in [1.54, 1.807) is 52.1 Å². The van der Waals surface area contributed by atoms with Gasteiger partial charge in [-0.1, -0.05) is 37.6 Å². The highest BCUT2D eigenvalue weighted by Crippen LogP contribution is 2.33. The van der Waals surface area contributed by atoms with E-state index in [-0.39, 0.29) is 38.7 Å². The Morgan fingerprint density at radius 1 is 0.679 bits per heavy atom. The zero-order valence-electron chi connectivity index (χ0n) is 30.6. The van der Waals surface area contributed by atoms with Crippen LogP contribution in [0.3, 0.4) is 0 Å². The third-order valence-electron chi connectivity index (χ3n) is 10.1. The molecule has 0 fully saturated rings. The Hall–Kier alpha value is -6.81. The monoisotopic (exact) mass is 754 g/mol. The van der Waals surface area contributed by atoms with E-state index in [1.165, 1.54) is 33.7 Å². The molecule has 2 aliphatic heterocycles. The van der Waals surface area contributed by atoms with Crippen molar-refractivity contribution in [1.29, 1.82) is 0 Å². The minimum absolute atomic E-state index is 0.0383. The fourth-order valence-electron chi connectivity index (χ4n) is 7.26. The molecular weight excluding hydrogens is 717 g/mol. The maximum absolute atomic E-state index is 13.9. The first kappa shape index (κ1) is 36.2. The van der Waals surface area contributed by atoms with E-state index in [4.69, 9.17) is 4.74 Å². The second kappa shape index (κ2) is 15.5. The Balaban J connectivity index is 0.904. The first-order valence-corrected chi connectivity index (χ1v) is 18.5. The van der Waals surface area contributed by atoms with Gasteiger partial charge in [0.2, 0.25) is 0 Å². The van der Waals surface area contributed by atoms with Gasteiger partial charge in [-0.15, -0.1) is 0 Å². The van der Waals surface area contributed by atoms with E-state index in [2.05, 4.69) is 25.5 Å². The molecule has 0 atom stereocenters. The minimum atomic E-state index is -0.533. The van der Waals surface area contributed by atoms with Crippen LogP contribution in [0.5, 0.6) is 0 Å². The average Bonchev–Trinajstić information content (AvgIpc) is 3.96. The highest BCUT2D eigenvalue weighted by Gasteiger charge is 2.35. The Labute approximate surface area is 320 Å². The van der Waals surface area contributed by atoms with Crippen LogP contribution in [0.25, 0.3) is 32.9 Å². The molecule has 0 spiro atoms. The van der Waals surface area contributed by atoms with Gasteiger partial charge in [0.05, 0.1) is 29.1 Å². The van der Waals surface area contributed by atoms with Crippen LogP contribution in [0.2, 0.25) is 0 Å². The van der Waals surface area contributed by atoms with Crippen molar-refractivity contribution in [3.05, 3.63) is 108 Å². The van der Waals surface area contributed by atoms with E-state index in [0.29, 0.717) is 70.3 Å². The summed E-state index contributed by atoms with van der Waals surface area (Å²) in [6.45, 7) is 3.47. The summed E-state index contributed by atoms with van der Waals surface area (Å²) in [6.07, 6.45) is 7.42. The SMILES string of the molecule is CCCCOC(=O)N(CCCNCCN1C(=O)c2cccc3cc(-n4cncn4)cc(c23)C1=O)CCN1C(=O)c2cccc3cc(-n4cncn4)cc(c23)C1=O. The molecular formula is C40H38N10O6. The maximum atomic E-state index is 13.9. The summed E-state index contributed by atoms with van der Waals surface area (Å²) >= 11 is 0. The van der Waals surface area contributed by atoms with Crippen molar-refractivity contribution in [1.82, 2.24) is 49.5 Å². The number of imide groups is 2. The van der Waals surface area contributed by atoms with E-state index in [0.717, 1.165) is 17.2 Å². The standard InChI is InChI=1S/C40H38N10O6/c1-2-3-17-56-40(55)46(15-16-48-37(52)31-10-5-8-27-19-29(50-25-43-23-45-50)21-33(35(27)31)39(48)54)13-6-11-41-12-14-47-36(51)30-9-4-7-26-18-28(49-24-42-22-44-49)20-32(34(26)30)38(47)53/h4-5,7-10,18-25,41H,2-3,6,11-17H2,1H3. The molecule has 2 aliphatic rings. The summed E-state index contributed by atoms with van der Waals surface area (Å²) in [7, 11) is 0. The highest BCUT2D eigenvalue weighted by atomic mass is 16.6. The number of hydrogen-bond acceptors (Lipinski definition) is 11. The summed E-state index contributed by atoms with van der Waals surface area (Å²) in [5.74, 6) is -1.65. The molecule has 0 bridgehead atoms. The predicted molar refractivity (Wildman–Crippen MR) is 204 cm³/mol. The average molecular weight is 755 g/mol. The topological polar surface area (TPSA) is 178 Å². The molecule has 0 aliphatic carbocycles. The van der Waals surface area contributed by atoms with Crippen LogP contribution in [0.15, 0.2) is 86.0 Å². The normalized spacial score (nSPS) is 13.7. The lowest BCUT2D eigenvalue weighted by molar-refractivity contribution is 0.0570. The van der Waals surface area contributed by atoms with Gasteiger partial charge in [-0.2, -0.15) is 10.2 Å². The molecule has 0 saturated carbocycles. The maximum Gasteiger partial charge on any atom is 0.409 e. The summed E-state index contributed by atoms with van der Waals surface area (Å²) in [4.78, 5) is 79.9. The fraction of sp³-hybridized carbons (Fsp3) is 0.275. The number of unbranched alkanes of at least 4 members (excludes halogenated alkanes) is 1. The van der Waals surface area contributed by atoms with Crippen molar-refractivity contribution in [2.45, 2.75) is 26.2 Å². The Morgan fingerprint density at radius 2 is 1.23 bits per heavy atom. The molecule has 4 heterocycles. The van der Waals surface area contributed by atoms with Gasteiger partial charge in [0.1, 0.15) is 25.3 Å². The molecule has 284 valence electrons. The Kier molecular flexibility index (Phi) is 10.0. The zero-order valence-corrected chi connectivity index (χ0v) is 30.6. The Bertz CT molecular complexity index is 2480. The van der Waals surface area contributed by atoms with Gasteiger partial charge in [0.25, 0.3) is 23.6 Å². The van der Waals surface area contributed by atoms with Crippen molar-refractivity contribution in [2.24, 2.45) is 0 Å². The van der Waals surface area contributed by atoms with Gasteiger partial charge in [-0.05, 0) is 66.6 Å². The lowest BCUT2D eigenvalue weighted by atomic mass is 9.93. The molecule has 5 amide bonds. The van der Waals surface area contributed by atoms with Crippen molar-refractivity contribution in [3.8, 4) is 11.4 Å². The summed E-state index contributed by atoms with van der Waals surface area (Å²) < 4.78 is 8.66. The molecule has 16 nitrogen and oxygen atoms in total. The van der Waals surface area contributed by atoms with Gasteiger partial charge in [-0.25, -0.2) is 24.1 Å². The van der Waals surface area contributed by atoms with E-state index in [9.17, 15) is 24.0 Å². The molecule has 0 unspecified atom stereocenters. The van der Waals surface area contributed by atoms with Gasteiger partial charge < -0.3 is 15.0 Å². The first-order chi connectivity index (χ1) is 27.3. The van der Waals surface area contributed by atoms with Crippen LogP contribution >= 0.6 is 0 Å². The molecule has 6 aromatic rings. The van der Waals surface area contributed by atoms with Crippen LogP contribution in [-0.4, -0.2) is 120 Å². The van der Waals surface area contributed by atoms with E-state index >= 15 is 0 Å². The third kappa shape index (κ3) is 6.74. The number of carbonyl (C=O) groups is 5. The number of ether oxygens (including phenoxy) is 1. The number of aromatic nitrogens is 6. The van der Waals surface area contributed by atoms with Crippen molar-refractivity contribution < 1.29 is 28.7 Å². The van der Waals surface area contributed by atoms with Crippen LogP contribution < -0.4 is 5.32 Å². The number of nitrogens with zero attached hydrogens (tertiary/aromatic N) is 9. The van der Waals surface area contributed by atoms with Gasteiger partial charge in [0.15, 0.2) is 0 Å². The lowest BCUT2D eigenvalue weighted by Gasteiger charge is -2.30. The van der Waals surface area contributed by atoms with Crippen LogP contribution in [-0.2, 0) is 4.74 Å². The third-order valence-corrected chi connectivity index (χ3v) is 10.1. The van der Waals surface area contributed by atoms with E-state index < -0.39 is 23.8 Å². The smallest absolute Gasteiger partial charge is 0.409 e. The number of benzene rings is 4. The number of amides is 5. The number of nitrogens with one attached hydrogen (secondary N) is 1. The minimum Gasteiger partial charge on any atom is -0.449 e. The lowest BCUT2D eigenvalue weighted by Crippen LogP contribution is -2.46. The molecule has 0 saturated heterocycles. The molecule has 56 heavy (non-hydrogen) atoms. The predicted octanol–water partition coefficient (Wildman–Crippen LogP) is 4.27. The van der Waals surface area contributed by atoms with Crippen LogP contribution in [0, 0.1) is 0 Å². The van der Waals surface area contributed by atoms with Gasteiger partial charge in [0, 0.05) is 54.6 Å². The number of carbonyl (C=O) groups excluding carboxylic acids is 5. The van der Waals surface area contributed by atoms with Crippen molar-refractivity contribution >= 4 is 51.3 Å². The summed E-state index contributed by atoms with van der Waals surface area (Å²) in [5, 5.41) is 14.4. The zero-order chi connectivity index (χ0) is 38.8. The van der Waals surface area contributed by atoms with Gasteiger partial charge in [-0.3, -0.25) is 29.0 Å².